The Morgan fingerprint density at radius 3 is 2.60 bits per heavy atom. The number of carbonyl (C=O) groups is 1. The minimum atomic E-state index is -0.527. The number of amides is 1. The van der Waals surface area contributed by atoms with E-state index in [2.05, 4.69) is 15.3 Å². The van der Waals surface area contributed by atoms with Gasteiger partial charge in [-0.05, 0) is 24.3 Å². The Hall–Kier alpha value is -3.74. The van der Waals surface area contributed by atoms with Crippen LogP contribution in [-0.4, -0.2) is 25.1 Å². The normalized spacial score (nSPS) is 10.7. The van der Waals surface area contributed by atoms with Crippen LogP contribution in [0.1, 0.15) is 10.4 Å². The molecule has 0 aliphatic heterocycles. The van der Waals surface area contributed by atoms with E-state index in [1.165, 1.54) is 16.9 Å². The molecular weight excluding hydrogens is 318 g/mol. The van der Waals surface area contributed by atoms with Crippen molar-refractivity contribution in [3.63, 3.8) is 0 Å². The Kier molecular flexibility index (Phi) is 3.59. The first kappa shape index (κ1) is 14.8. The second-order valence-electron chi connectivity index (χ2n) is 5.34. The summed E-state index contributed by atoms with van der Waals surface area (Å²) < 4.78 is 3.03. The maximum atomic E-state index is 12.8. The number of rotatable bonds is 3. The van der Waals surface area contributed by atoms with E-state index in [0.29, 0.717) is 11.3 Å². The van der Waals surface area contributed by atoms with E-state index in [4.69, 9.17) is 0 Å². The molecule has 0 atom stereocenters. The molecular formula is C18H13N5O2. The summed E-state index contributed by atoms with van der Waals surface area (Å²) in [6, 6.07) is 14.5. The number of fused-ring (bicyclic) bond motifs is 1. The molecule has 0 aliphatic carbocycles. The lowest BCUT2D eigenvalue weighted by Crippen LogP contribution is -2.29. The Bertz CT molecular complexity index is 1100. The predicted octanol–water partition coefficient (Wildman–Crippen LogP) is 2.13. The van der Waals surface area contributed by atoms with Crippen LogP contribution in [0.5, 0.6) is 0 Å². The average Bonchev–Trinajstić information content (AvgIpc) is 3.08. The highest BCUT2D eigenvalue weighted by atomic mass is 16.2. The molecule has 0 aliphatic rings. The maximum absolute atomic E-state index is 12.8. The lowest BCUT2D eigenvalue weighted by molar-refractivity contribution is 0.102. The molecule has 1 amide bonds. The van der Waals surface area contributed by atoms with Gasteiger partial charge in [-0.1, -0.05) is 18.2 Å². The average molecular weight is 331 g/mol. The minimum Gasteiger partial charge on any atom is -0.320 e. The number of hydrogen-bond acceptors (Lipinski definition) is 4. The SMILES string of the molecule is O=C(Nc1cccnc1)c1cnc2ccn(-c3ccccc3)n2c1=O. The number of hydrogen-bond donors (Lipinski definition) is 1. The van der Waals surface area contributed by atoms with Gasteiger partial charge in [0, 0.05) is 24.7 Å². The Morgan fingerprint density at radius 1 is 1.00 bits per heavy atom. The molecule has 122 valence electrons. The molecule has 0 fully saturated rings. The van der Waals surface area contributed by atoms with Gasteiger partial charge in [-0.2, -0.15) is 4.52 Å². The largest absolute Gasteiger partial charge is 0.320 e. The molecule has 25 heavy (non-hydrogen) atoms. The van der Waals surface area contributed by atoms with Crippen molar-refractivity contribution in [2.75, 3.05) is 5.32 Å². The third kappa shape index (κ3) is 2.67. The molecule has 7 nitrogen and oxygen atoms in total. The third-order valence-corrected chi connectivity index (χ3v) is 3.73. The molecule has 1 aromatic carbocycles. The maximum Gasteiger partial charge on any atom is 0.286 e. The molecule has 4 rings (SSSR count). The van der Waals surface area contributed by atoms with Crippen molar-refractivity contribution < 1.29 is 4.79 Å². The van der Waals surface area contributed by atoms with Crippen LogP contribution in [0, 0.1) is 0 Å². The van der Waals surface area contributed by atoms with E-state index in [1.54, 1.807) is 35.3 Å². The van der Waals surface area contributed by atoms with Gasteiger partial charge in [-0.15, -0.1) is 0 Å². The zero-order valence-corrected chi connectivity index (χ0v) is 13.0. The summed E-state index contributed by atoms with van der Waals surface area (Å²) in [4.78, 5) is 33.4. The lowest BCUT2D eigenvalue weighted by Gasteiger charge is -2.08. The van der Waals surface area contributed by atoms with Crippen LogP contribution in [0.25, 0.3) is 11.3 Å². The minimum absolute atomic E-state index is 0.0442. The summed E-state index contributed by atoms with van der Waals surface area (Å²) in [5.74, 6) is -0.527. The molecule has 0 saturated carbocycles. The van der Waals surface area contributed by atoms with Crippen molar-refractivity contribution in [3.05, 3.63) is 89.2 Å². The van der Waals surface area contributed by atoms with Gasteiger partial charge in [0.25, 0.3) is 11.5 Å². The van der Waals surface area contributed by atoms with Crippen LogP contribution in [0.2, 0.25) is 0 Å². The van der Waals surface area contributed by atoms with Crippen LogP contribution >= 0.6 is 0 Å². The standard InChI is InChI=1S/C18H13N5O2/c24-17(21-13-5-4-9-19-11-13)15-12-20-16-8-10-22(23(16)18(15)25)14-6-2-1-3-7-14/h1-12H,(H,21,24). The predicted molar refractivity (Wildman–Crippen MR) is 93.0 cm³/mol. The summed E-state index contributed by atoms with van der Waals surface area (Å²) in [5, 5.41) is 2.65. The number of anilines is 1. The smallest absolute Gasteiger partial charge is 0.286 e. The Balaban J connectivity index is 1.80. The molecule has 0 spiro atoms. The molecule has 3 aromatic heterocycles. The Morgan fingerprint density at radius 2 is 1.84 bits per heavy atom. The monoisotopic (exact) mass is 331 g/mol. The van der Waals surface area contributed by atoms with Crippen LogP contribution in [0.3, 0.4) is 0 Å². The fourth-order valence-corrected chi connectivity index (χ4v) is 2.56. The number of para-hydroxylation sites is 1. The number of benzene rings is 1. The highest BCUT2D eigenvalue weighted by molar-refractivity contribution is 6.03. The number of nitrogens with one attached hydrogen (secondary N) is 1. The van der Waals surface area contributed by atoms with E-state index >= 15 is 0 Å². The second-order valence-corrected chi connectivity index (χ2v) is 5.34. The fourth-order valence-electron chi connectivity index (χ4n) is 2.56. The third-order valence-electron chi connectivity index (χ3n) is 3.73. The highest BCUT2D eigenvalue weighted by Crippen LogP contribution is 2.10. The number of aromatic nitrogens is 4. The first-order valence-corrected chi connectivity index (χ1v) is 7.60. The van der Waals surface area contributed by atoms with Crippen molar-refractivity contribution >= 4 is 17.2 Å². The Labute approximate surface area is 142 Å². The van der Waals surface area contributed by atoms with Crippen molar-refractivity contribution in [2.24, 2.45) is 0 Å². The zero-order chi connectivity index (χ0) is 17.2. The van der Waals surface area contributed by atoms with E-state index < -0.39 is 11.5 Å². The zero-order valence-electron chi connectivity index (χ0n) is 13.0. The topological polar surface area (TPSA) is 81.3 Å². The van der Waals surface area contributed by atoms with Gasteiger partial charge >= 0.3 is 0 Å². The molecule has 3 heterocycles. The summed E-state index contributed by atoms with van der Waals surface area (Å²) in [5.41, 5.74) is 1.28. The van der Waals surface area contributed by atoms with Crippen molar-refractivity contribution in [2.45, 2.75) is 0 Å². The van der Waals surface area contributed by atoms with Gasteiger partial charge in [0.05, 0.1) is 17.6 Å². The first-order valence-electron chi connectivity index (χ1n) is 7.60. The van der Waals surface area contributed by atoms with E-state index in [1.807, 2.05) is 30.3 Å². The molecule has 7 heteroatoms. The van der Waals surface area contributed by atoms with Crippen molar-refractivity contribution in [1.29, 1.82) is 0 Å². The summed E-state index contributed by atoms with van der Waals surface area (Å²) in [7, 11) is 0. The lowest BCUT2D eigenvalue weighted by atomic mass is 10.3. The number of pyridine rings is 1. The second kappa shape index (κ2) is 6.04. The van der Waals surface area contributed by atoms with Crippen molar-refractivity contribution in [3.8, 4) is 5.69 Å². The molecule has 0 bridgehead atoms. The summed E-state index contributed by atoms with van der Waals surface area (Å²) in [6.07, 6.45) is 6.14. The van der Waals surface area contributed by atoms with Crippen LogP contribution in [0.4, 0.5) is 5.69 Å². The van der Waals surface area contributed by atoms with Gasteiger partial charge < -0.3 is 5.32 Å². The summed E-state index contributed by atoms with van der Waals surface area (Å²) >= 11 is 0. The van der Waals surface area contributed by atoms with Crippen LogP contribution < -0.4 is 10.9 Å². The van der Waals surface area contributed by atoms with E-state index in [0.717, 1.165) is 5.69 Å². The summed E-state index contributed by atoms with van der Waals surface area (Å²) in [6.45, 7) is 0. The molecule has 4 aromatic rings. The number of nitrogens with zero attached hydrogens (tertiary/aromatic N) is 4. The van der Waals surface area contributed by atoms with Crippen LogP contribution in [-0.2, 0) is 0 Å². The van der Waals surface area contributed by atoms with Gasteiger partial charge in [-0.25, -0.2) is 4.98 Å². The van der Waals surface area contributed by atoms with Gasteiger partial charge in [0.15, 0.2) is 5.65 Å². The van der Waals surface area contributed by atoms with Gasteiger partial charge in [0.2, 0.25) is 0 Å². The fraction of sp³-hybridized carbons (Fsp3) is 0. The van der Waals surface area contributed by atoms with Gasteiger partial charge in [0.1, 0.15) is 5.56 Å². The van der Waals surface area contributed by atoms with Gasteiger partial charge in [-0.3, -0.25) is 19.3 Å². The molecule has 0 saturated heterocycles. The van der Waals surface area contributed by atoms with E-state index in [-0.39, 0.29) is 5.56 Å². The van der Waals surface area contributed by atoms with Crippen molar-refractivity contribution in [1.82, 2.24) is 19.2 Å². The number of carbonyl (C=O) groups excluding carboxylic acids is 1. The van der Waals surface area contributed by atoms with Crippen LogP contribution in [0.15, 0.2) is 78.1 Å². The molecule has 1 N–H and O–H groups in total. The van der Waals surface area contributed by atoms with E-state index in [9.17, 15) is 9.59 Å². The molecule has 0 unspecified atom stereocenters. The first-order chi connectivity index (χ1) is 12.2. The molecule has 0 radical (unpaired) electrons. The highest BCUT2D eigenvalue weighted by Gasteiger charge is 2.16. The quantitative estimate of drug-likeness (QED) is 0.623.